The summed E-state index contributed by atoms with van der Waals surface area (Å²) >= 11 is 6.01. The van der Waals surface area contributed by atoms with Crippen molar-refractivity contribution in [3.8, 4) is 0 Å². The summed E-state index contributed by atoms with van der Waals surface area (Å²) in [4.78, 5) is 4.23. The molecule has 5 heteroatoms. The van der Waals surface area contributed by atoms with Gasteiger partial charge in [-0.2, -0.15) is 0 Å². The second-order valence-electron chi connectivity index (χ2n) is 3.46. The molecule has 16 heavy (non-hydrogen) atoms. The van der Waals surface area contributed by atoms with Gasteiger partial charge < -0.3 is 5.32 Å². The van der Waals surface area contributed by atoms with Crippen LogP contribution in [0.25, 0.3) is 0 Å². The third-order valence-corrected chi connectivity index (χ3v) is 2.47. The summed E-state index contributed by atoms with van der Waals surface area (Å²) in [5.74, 6) is 5.90. The molecule has 0 unspecified atom stereocenters. The number of nitrogens with one attached hydrogen (secondary N) is 2. The standard InChI is InChI=1S/C11H17ClN4/c1-3-6-14-11(16-13)15-9-5-4-8(2)10(12)7-9/h4-5,7H,3,6,13H2,1-2H3,(H2,14,15,16). The van der Waals surface area contributed by atoms with Gasteiger partial charge in [0.25, 0.3) is 0 Å². The first kappa shape index (κ1) is 12.8. The number of rotatable bonds is 3. The van der Waals surface area contributed by atoms with Crippen molar-refractivity contribution in [2.45, 2.75) is 20.3 Å². The van der Waals surface area contributed by atoms with Crippen molar-refractivity contribution >= 4 is 23.2 Å². The molecule has 0 bridgehead atoms. The van der Waals surface area contributed by atoms with Gasteiger partial charge in [-0.25, -0.2) is 5.84 Å². The van der Waals surface area contributed by atoms with Gasteiger partial charge in [0.15, 0.2) is 0 Å². The fourth-order valence-corrected chi connectivity index (χ4v) is 1.33. The molecular formula is C11H17ClN4. The molecule has 0 heterocycles. The maximum atomic E-state index is 6.01. The minimum atomic E-state index is 0.543. The molecule has 4 nitrogen and oxygen atoms in total. The molecule has 0 radical (unpaired) electrons. The van der Waals surface area contributed by atoms with Crippen molar-refractivity contribution in [2.75, 3.05) is 11.9 Å². The highest BCUT2D eigenvalue weighted by Crippen LogP contribution is 2.19. The second kappa shape index (κ2) is 6.35. The van der Waals surface area contributed by atoms with E-state index in [1.807, 2.05) is 25.1 Å². The fourth-order valence-electron chi connectivity index (χ4n) is 1.15. The minimum absolute atomic E-state index is 0.543. The van der Waals surface area contributed by atoms with Crippen molar-refractivity contribution in [3.05, 3.63) is 28.8 Å². The van der Waals surface area contributed by atoms with Crippen LogP contribution in [-0.2, 0) is 0 Å². The molecule has 0 saturated carbocycles. The summed E-state index contributed by atoms with van der Waals surface area (Å²) in [5.41, 5.74) is 4.42. The third kappa shape index (κ3) is 3.72. The summed E-state index contributed by atoms with van der Waals surface area (Å²) < 4.78 is 0. The predicted octanol–water partition coefficient (Wildman–Crippen LogP) is 2.29. The highest BCUT2D eigenvalue weighted by Gasteiger charge is 2.00. The van der Waals surface area contributed by atoms with E-state index < -0.39 is 0 Å². The lowest BCUT2D eigenvalue weighted by molar-refractivity contribution is 0.905. The van der Waals surface area contributed by atoms with E-state index in [0.717, 1.165) is 29.2 Å². The molecule has 0 saturated heterocycles. The molecule has 88 valence electrons. The second-order valence-corrected chi connectivity index (χ2v) is 3.87. The van der Waals surface area contributed by atoms with Crippen LogP contribution >= 0.6 is 11.6 Å². The van der Waals surface area contributed by atoms with Gasteiger partial charge in [0.2, 0.25) is 5.96 Å². The van der Waals surface area contributed by atoms with Gasteiger partial charge in [-0.3, -0.25) is 10.4 Å². The monoisotopic (exact) mass is 240 g/mol. The van der Waals surface area contributed by atoms with Crippen LogP contribution in [0.2, 0.25) is 5.02 Å². The normalized spacial score (nSPS) is 11.4. The van der Waals surface area contributed by atoms with E-state index in [1.54, 1.807) is 0 Å². The molecule has 0 fully saturated rings. The smallest absolute Gasteiger partial charge is 0.210 e. The zero-order valence-corrected chi connectivity index (χ0v) is 10.3. The first-order valence-corrected chi connectivity index (χ1v) is 5.59. The van der Waals surface area contributed by atoms with Gasteiger partial charge in [-0.05, 0) is 31.0 Å². The van der Waals surface area contributed by atoms with Crippen LogP contribution in [-0.4, -0.2) is 12.5 Å². The Morgan fingerprint density at radius 3 is 2.81 bits per heavy atom. The number of nitrogens with zero attached hydrogens (tertiary/aromatic N) is 1. The fraction of sp³-hybridized carbons (Fsp3) is 0.364. The van der Waals surface area contributed by atoms with Crippen LogP contribution < -0.4 is 16.6 Å². The lowest BCUT2D eigenvalue weighted by Gasteiger charge is -2.09. The van der Waals surface area contributed by atoms with Crippen LogP contribution in [0.15, 0.2) is 23.2 Å². The van der Waals surface area contributed by atoms with Crippen molar-refractivity contribution in [1.29, 1.82) is 0 Å². The Labute approximate surface area is 101 Å². The molecule has 0 atom stereocenters. The Bertz CT molecular complexity index is 376. The van der Waals surface area contributed by atoms with E-state index in [-0.39, 0.29) is 0 Å². The van der Waals surface area contributed by atoms with Gasteiger partial charge >= 0.3 is 0 Å². The van der Waals surface area contributed by atoms with Crippen molar-refractivity contribution in [2.24, 2.45) is 10.8 Å². The van der Waals surface area contributed by atoms with Gasteiger partial charge in [-0.15, -0.1) is 0 Å². The zero-order valence-electron chi connectivity index (χ0n) is 9.55. The van der Waals surface area contributed by atoms with Crippen molar-refractivity contribution < 1.29 is 0 Å². The van der Waals surface area contributed by atoms with Crippen LogP contribution in [0.3, 0.4) is 0 Å². The highest BCUT2D eigenvalue weighted by atomic mass is 35.5. The average Bonchev–Trinajstić information content (AvgIpc) is 2.29. The van der Waals surface area contributed by atoms with E-state index in [2.05, 4.69) is 22.7 Å². The molecular weight excluding hydrogens is 224 g/mol. The third-order valence-electron chi connectivity index (χ3n) is 2.06. The minimum Gasteiger partial charge on any atom is -0.325 e. The molecule has 4 N–H and O–H groups in total. The number of nitrogens with two attached hydrogens (primary N) is 1. The Kier molecular flexibility index (Phi) is 5.08. The number of hydrogen-bond acceptors (Lipinski definition) is 2. The number of hydrogen-bond donors (Lipinski definition) is 3. The number of guanidine groups is 1. The lowest BCUT2D eigenvalue weighted by atomic mass is 10.2. The molecule has 1 rings (SSSR count). The van der Waals surface area contributed by atoms with E-state index in [1.165, 1.54) is 0 Å². The zero-order chi connectivity index (χ0) is 12.0. The van der Waals surface area contributed by atoms with Crippen LogP contribution in [0.1, 0.15) is 18.9 Å². The first-order valence-electron chi connectivity index (χ1n) is 5.21. The molecule has 0 aliphatic heterocycles. The van der Waals surface area contributed by atoms with Gasteiger partial charge in [-0.1, -0.05) is 24.6 Å². The van der Waals surface area contributed by atoms with Gasteiger partial charge in [0.1, 0.15) is 0 Å². The molecule has 0 aromatic heterocycles. The average molecular weight is 241 g/mol. The Hall–Kier alpha value is -1.26. The van der Waals surface area contributed by atoms with E-state index >= 15 is 0 Å². The number of benzene rings is 1. The number of aliphatic imine (C=N–C) groups is 1. The maximum Gasteiger partial charge on any atom is 0.210 e. The molecule has 1 aromatic rings. The number of anilines is 1. The van der Waals surface area contributed by atoms with Crippen molar-refractivity contribution in [3.63, 3.8) is 0 Å². The van der Waals surface area contributed by atoms with E-state index in [9.17, 15) is 0 Å². The largest absolute Gasteiger partial charge is 0.325 e. The maximum absolute atomic E-state index is 6.01. The Morgan fingerprint density at radius 1 is 1.50 bits per heavy atom. The summed E-state index contributed by atoms with van der Waals surface area (Å²) in [6.07, 6.45) is 0.974. The summed E-state index contributed by atoms with van der Waals surface area (Å²) in [5, 5.41) is 3.78. The first-order chi connectivity index (χ1) is 7.67. The highest BCUT2D eigenvalue weighted by molar-refractivity contribution is 6.31. The Balaban J connectivity index is 2.74. The van der Waals surface area contributed by atoms with E-state index in [0.29, 0.717) is 5.96 Å². The van der Waals surface area contributed by atoms with Crippen LogP contribution in [0, 0.1) is 6.92 Å². The number of halogens is 1. The van der Waals surface area contributed by atoms with E-state index in [4.69, 9.17) is 17.4 Å². The summed E-state index contributed by atoms with van der Waals surface area (Å²) in [6.45, 7) is 4.74. The quantitative estimate of drug-likeness (QED) is 0.329. The molecule has 0 amide bonds. The molecule has 0 spiro atoms. The summed E-state index contributed by atoms with van der Waals surface area (Å²) in [7, 11) is 0. The topological polar surface area (TPSA) is 62.4 Å². The van der Waals surface area contributed by atoms with Gasteiger partial charge in [0, 0.05) is 17.3 Å². The van der Waals surface area contributed by atoms with Gasteiger partial charge in [0.05, 0.1) is 0 Å². The summed E-state index contributed by atoms with van der Waals surface area (Å²) in [6, 6.07) is 5.72. The van der Waals surface area contributed by atoms with Crippen LogP contribution in [0.5, 0.6) is 0 Å². The molecule has 0 aliphatic rings. The SMILES string of the molecule is CCCN=C(NN)Nc1ccc(C)c(Cl)c1. The van der Waals surface area contributed by atoms with Crippen molar-refractivity contribution in [1.82, 2.24) is 5.43 Å². The Morgan fingerprint density at radius 2 is 2.25 bits per heavy atom. The van der Waals surface area contributed by atoms with Crippen LogP contribution in [0.4, 0.5) is 5.69 Å². The lowest BCUT2D eigenvalue weighted by Crippen LogP contribution is -2.36. The molecule has 0 aliphatic carbocycles. The number of aryl methyl sites for hydroxylation is 1. The number of hydrazine groups is 1. The predicted molar refractivity (Wildman–Crippen MR) is 69.7 cm³/mol. The molecule has 1 aromatic carbocycles.